The number of hydrogen-bond donors (Lipinski definition) is 1. The van der Waals surface area contributed by atoms with Gasteiger partial charge in [-0.05, 0) is 66.4 Å². The van der Waals surface area contributed by atoms with E-state index in [4.69, 9.17) is 21.1 Å². The Morgan fingerprint density at radius 1 is 0.854 bits per heavy atom. The van der Waals surface area contributed by atoms with Gasteiger partial charge in [-0.15, -0.1) is 0 Å². The van der Waals surface area contributed by atoms with Gasteiger partial charge in [-0.1, -0.05) is 77.8 Å². The predicted octanol–water partition coefficient (Wildman–Crippen LogP) is 7.41. The fourth-order valence-corrected chi connectivity index (χ4v) is 5.37. The van der Waals surface area contributed by atoms with E-state index in [9.17, 15) is 4.79 Å². The lowest BCUT2D eigenvalue weighted by Crippen LogP contribution is -2.31. The third kappa shape index (κ3) is 5.56. The molecule has 1 N–H and O–H groups in total. The number of fused-ring (bicyclic) bond motifs is 1. The van der Waals surface area contributed by atoms with Crippen molar-refractivity contribution in [1.82, 2.24) is 15.1 Å². The molecule has 0 aliphatic carbocycles. The molecule has 6 rings (SSSR count). The summed E-state index contributed by atoms with van der Waals surface area (Å²) < 4.78 is 11.3. The molecule has 4 aromatic carbocycles. The van der Waals surface area contributed by atoms with E-state index < -0.39 is 0 Å². The van der Waals surface area contributed by atoms with Crippen LogP contribution in [-0.4, -0.2) is 34.7 Å². The summed E-state index contributed by atoms with van der Waals surface area (Å²) in [6, 6.07) is 31.6. The number of aromatic amines is 1. The molecule has 0 spiro atoms. The maximum Gasteiger partial charge on any atom is 0.273 e. The lowest BCUT2D eigenvalue weighted by Gasteiger charge is -2.26. The molecule has 0 bridgehead atoms. The number of aryl methyl sites for hydroxylation is 1. The average Bonchev–Trinajstić information content (AvgIpc) is 3.55. The molecule has 206 valence electrons. The first-order valence-corrected chi connectivity index (χ1v) is 13.9. The normalized spacial score (nSPS) is 14.3. The summed E-state index contributed by atoms with van der Waals surface area (Å²) in [5, 5.41) is 8.35. The SMILES string of the molecule is COc1ccc(CCN2C(=O)c3[nH]nc(-c4ccc(C)cc4)c3C2c2ccc(OCc3ccc(Cl)cc3)cc2)cc1. The Hall–Kier alpha value is -4.55. The molecule has 5 aromatic rings. The number of nitrogens with one attached hydrogen (secondary N) is 1. The van der Waals surface area contributed by atoms with Crippen LogP contribution in [0.4, 0.5) is 0 Å². The van der Waals surface area contributed by atoms with Gasteiger partial charge in [0.2, 0.25) is 0 Å². The van der Waals surface area contributed by atoms with Crippen molar-refractivity contribution in [2.45, 2.75) is 26.0 Å². The Bertz CT molecular complexity index is 1640. The standard InChI is InChI=1S/C34H30ClN3O3/c1-22-3-9-25(10-4-22)31-30-32(37-36-31)34(39)38(20-19-23-7-15-28(40-2)16-8-23)33(30)26-11-17-29(18-12-26)41-21-24-5-13-27(35)14-6-24/h3-18,33H,19-21H2,1-2H3,(H,36,37). The van der Waals surface area contributed by atoms with Crippen molar-refractivity contribution >= 4 is 17.5 Å². The van der Waals surface area contributed by atoms with Crippen LogP contribution in [0.2, 0.25) is 5.02 Å². The number of ether oxygens (including phenoxy) is 2. The minimum Gasteiger partial charge on any atom is -0.497 e. The largest absolute Gasteiger partial charge is 0.497 e. The van der Waals surface area contributed by atoms with Gasteiger partial charge in [0.05, 0.1) is 18.8 Å². The molecule has 6 nitrogen and oxygen atoms in total. The lowest BCUT2D eigenvalue weighted by molar-refractivity contribution is 0.0746. The second-order valence-corrected chi connectivity index (χ2v) is 10.6. The Morgan fingerprint density at radius 2 is 1.51 bits per heavy atom. The van der Waals surface area contributed by atoms with Crippen LogP contribution in [0, 0.1) is 6.92 Å². The third-order valence-electron chi connectivity index (χ3n) is 7.50. The summed E-state index contributed by atoms with van der Waals surface area (Å²) in [6.45, 7) is 3.05. The number of nitrogens with zero attached hydrogens (tertiary/aromatic N) is 2. The molecule has 0 saturated heterocycles. The highest BCUT2D eigenvalue weighted by Crippen LogP contribution is 2.43. The summed E-state index contributed by atoms with van der Waals surface area (Å²) in [5.41, 5.74) is 7.57. The van der Waals surface area contributed by atoms with Gasteiger partial charge in [0, 0.05) is 22.7 Å². The number of benzene rings is 4. The van der Waals surface area contributed by atoms with Crippen molar-refractivity contribution in [2.24, 2.45) is 0 Å². The smallest absolute Gasteiger partial charge is 0.273 e. The Labute approximate surface area is 244 Å². The molecule has 2 heterocycles. The highest BCUT2D eigenvalue weighted by Gasteiger charge is 2.41. The van der Waals surface area contributed by atoms with E-state index in [0.717, 1.165) is 45.0 Å². The number of rotatable bonds is 9. The number of hydrogen-bond acceptors (Lipinski definition) is 4. The van der Waals surface area contributed by atoms with E-state index >= 15 is 0 Å². The van der Waals surface area contributed by atoms with Crippen molar-refractivity contribution in [2.75, 3.05) is 13.7 Å². The third-order valence-corrected chi connectivity index (χ3v) is 7.76. The molecule has 1 aliphatic heterocycles. The van der Waals surface area contributed by atoms with Gasteiger partial charge >= 0.3 is 0 Å². The lowest BCUT2D eigenvalue weighted by atomic mass is 9.95. The van der Waals surface area contributed by atoms with Crippen LogP contribution in [0.1, 0.15) is 44.3 Å². The molecule has 1 unspecified atom stereocenters. The monoisotopic (exact) mass is 563 g/mol. The van der Waals surface area contributed by atoms with E-state index in [-0.39, 0.29) is 11.9 Å². The van der Waals surface area contributed by atoms with Gasteiger partial charge < -0.3 is 14.4 Å². The van der Waals surface area contributed by atoms with Crippen molar-refractivity contribution in [3.8, 4) is 22.8 Å². The van der Waals surface area contributed by atoms with Crippen molar-refractivity contribution in [3.05, 3.63) is 136 Å². The Morgan fingerprint density at radius 3 is 2.20 bits per heavy atom. The molecule has 0 saturated carbocycles. The minimum atomic E-state index is -0.281. The molecular formula is C34H30ClN3O3. The van der Waals surface area contributed by atoms with Crippen molar-refractivity contribution in [1.29, 1.82) is 0 Å². The van der Waals surface area contributed by atoms with E-state index in [1.165, 1.54) is 5.56 Å². The molecule has 1 amide bonds. The van der Waals surface area contributed by atoms with Crippen LogP contribution in [0.25, 0.3) is 11.3 Å². The molecule has 1 atom stereocenters. The van der Waals surface area contributed by atoms with Gasteiger partial charge in [-0.3, -0.25) is 9.89 Å². The molecule has 0 fully saturated rings. The zero-order valence-corrected chi connectivity index (χ0v) is 23.7. The first kappa shape index (κ1) is 26.7. The molecule has 1 aromatic heterocycles. The summed E-state index contributed by atoms with van der Waals surface area (Å²) >= 11 is 6.00. The second-order valence-electron chi connectivity index (χ2n) is 10.2. The van der Waals surface area contributed by atoms with E-state index in [2.05, 4.69) is 41.4 Å². The minimum absolute atomic E-state index is 0.0487. The zero-order chi connectivity index (χ0) is 28.3. The zero-order valence-electron chi connectivity index (χ0n) is 22.9. The maximum atomic E-state index is 13.8. The first-order valence-electron chi connectivity index (χ1n) is 13.6. The van der Waals surface area contributed by atoms with E-state index in [1.807, 2.05) is 77.7 Å². The average molecular weight is 564 g/mol. The van der Waals surface area contributed by atoms with E-state index in [0.29, 0.717) is 30.3 Å². The van der Waals surface area contributed by atoms with Crippen LogP contribution in [0.3, 0.4) is 0 Å². The van der Waals surface area contributed by atoms with Gasteiger partial charge in [0.1, 0.15) is 23.8 Å². The summed E-state index contributed by atoms with van der Waals surface area (Å²) in [6.07, 6.45) is 0.714. The van der Waals surface area contributed by atoms with Gasteiger partial charge in [-0.2, -0.15) is 5.10 Å². The Kier molecular flexibility index (Phi) is 7.49. The molecule has 0 radical (unpaired) electrons. The second kappa shape index (κ2) is 11.5. The molecule has 41 heavy (non-hydrogen) atoms. The van der Waals surface area contributed by atoms with Crippen LogP contribution >= 0.6 is 11.6 Å². The predicted molar refractivity (Wildman–Crippen MR) is 161 cm³/mol. The van der Waals surface area contributed by atoms with Crippen molar-refractivity contribution in [3.63, 3.8) is 0 Å². The number of H-pyrrole nitrogens is 1. The molecule has 1 aliphatic rings. The van der Waals surface area contributed by atoms with E-state index in [1.54, 1.807) is 7.11 Å². The quantitative estimate of drug-likeness (QED) is 0.203. The fourth-order valence-electron chi connectivity index (χ4n) is 5.24. The van der Waals surface area contributed by atoms with Crippen LogP contribution in [0.15, 0.2) is 97.1 Å². The van der Waals surface area contributed by atoms with Gasteiger partial charge in [-0.25, -0.2) is 0 Å². The van der Waals surface area contributed by atoms with Gasteiger partial charge in [0.15, 0.2) is 0 Å². The van der Waals surface area contributed by atoms with Gasteiger partial charge in [0.25, 0.3) is 5.91 Å². The summed E-state index contributed by atoms with van der Waals surface area (Å²) in [4.78, 5) is 15.7. The highest BCUT2D eigenvalue weighted by atomic mass is 35.5. The van der Waals surface area contributed by atoms with Crippen LogP contribution < -0.4 is 9.47 Å². The van der Waals surface area contributed by atoms with Crippen LogP contribution in [0.5, 0.6) is 11.5 Å². The number of methoxy groups -OCH3 is 1. The molecular weight excluding hydrogens is 534 g/mol. The first-order chi connectivity index (χ1) is 20.0. The number of carbonyl (C=O) groups excluding carboxylic acids is 1. The number of aromatic nitrogens is 2. The number of carbonyl (C=O) groups is 1. The number of amides is 1. The topological polar surface area (TPSA) is 67.5 Å². The highest BCUT2D eigenvalue weighted by molar-refractivity contribution is 6.30. The fraction of sp³-hybridized carbons (Fsp3) is 0.176. The summed E-state index contributed by atoms with van der Waals surface area (Å²) in [5.74, 6) is 1.52. The summed E-state index contributed by atoms with van der Waals surface area (Å²) in [7, 11) is 1.66. The van der Waals surface area contributed by atoms with Crippen LogP contribution in [-0.2, 0) is 13.0 Å². The number of halogens is 1. The maximum absolute atomic E-state index is 13.8. The molecule has 7 heteroatoms. The van der Waals surface area contributed by atoms with Crippen molar-refractivity contribution < 1.29 is 14.3 Å². The Balaban J connectivity index is 1.30.